The lowest BCUT2D eigenvalue weighted by Crippen LogP contribution is -2.38. The molecule has 0 bridgehead atoms. The van der Waals surface area contributed by atoms with Crippen molar-refractivity contribution in [1.82, 2.24) is 4.90 Å². The van der Waals surface area contributed by atoms with Crippen molar-refractivity contribution >= 4 is 0 Å². The fourth-order valence-corrected chi connectivity index (χ4v) is 2.79. The highest BCUT2D eigenvalue weighted by Crippen LogP contribution is 2.26. The number of nitrogens with two attached hydrogens (primary N) is 1. The maximum Gasteiger partial charge on any atom is 0.387 e. The fraction of sp³-hybridized carbons (Fsp3) is 0.600. The molecule has 0 aliphatic heterocycles. The molecule has 0 atom stereocenters. The number of halogens is 2. The van der Waals surface area contributed by atoms with E-state index in [0.29, 0.717) is 18.6 Å². The Morgan fingerprint density at radius 1 is 1.25 bits per heavy atom. The third kappa shape index (κ3) is 4.15. The molecular weight excluding hydrogens is 262 g/mol. The number of ether oxygens (including phenoxy) is 1. The van der Waals surface area contributed by atoms with Crippen LogP contribution in [0.2, 0.25) is 0 Å². The van der Waals surface area contributed by atoms with Crippen molar-refractivity contribution in [2.45, 2.75) is 50.9 Å². The van der Waals surface area contributed by atoms with Gasteiger partial charge in [-0.3, -0.25) is 4.90 Å². The van der Waals surface area contributed by atoms with Gasteiger partial charge in [-0.2, -0.15) is 8.78 Å². The summed E-state index contributed by atoms with van der Waals surface area (Å²) in [4.78, 5) is 2.21. The van der Waals surface area contributed by atoms with E-state index in [-0.39, 0.29) is 5.75 Å². The molecule has 1 aliphatic carbocycles. The Hall–Kier alpha value is -1.20. The van der Waals surface area contributed by atoms with Crippen LogP contribution in [0, 0.1) is 0 Å². The molecule has 5 heteroatoms. The largest absolute Gasteiger partial charge is 0.434 e. The van der Waals surface area contributed by atoms with Gasteiger partial charge in [0, 0.05) is 24.2 Å². The van der Waals surface area contributed by atoms with E-state index in [1.807, 2.05) is 19.2 Å². The fourth-order valence-electron chi connectivity index (χ4n) is 2.79. The normalized spacial score (nSPS) is 23.3. The molecule has 0 amide bonds. The number of alkyl halides is 2. The number of nitrogens with zero attached hydrogens (tertiary/aromatic N) is 1. The van der Waals surface area contributed by atoms with Crippen LogP contribution in [0.25, 0.3) is 0 Å². The first-order valence-corrected chi connectivity index (χ1v) is 7.05. The SMILES string of the molecule is CN(Cc1ccccc1OC(F)F)C1CCC(N)CC1. The van der Waals surface area contributed by atoms with Gasteiger partial charge in [0.25, 0.3) is 0 Å². The molecule has 20 heavy (non-hydrogen) atoms. The number of hydrogen-bond acceptors (Lipinski definition) is 3. The number of rotatable bonds is 5. The highest BCUT2D eigenvalue weighted by atomic mass is 19.3. The van der Waals surface area contributed by atoms with Gasteiger partial charge in [-0.25, -0.2) is 0 Å². The number of benzene rings is 1. The standard InChI is InChI=1S/C15H22F2N2O/c1-19(13-8-6-12(18)7-9-13)10-11-4-2-3-5-14(11)20-15(16)17/h2-5,12-13,15H,6-10,18H2,1H3. The minimum atomic E-state index is -2.78. The summed E-state index contributed by atoms with van der Waals surface area (Å²) in [5.41, 5.74) is 6.70. The van der Waals surface area contributed by atoms with Crippen LogP contribution in [0.3, 0.4) is 0 Å². The van der Waals surface area contributed by atoms with E-state index < -0.39 is 6.61 Å². The van der Waals surface area contributed by atoms with Crippen molar-refractivity contribution in [3.63, 3.8) is 0 Å². The lowest BCUT2D eigenvalue weighted by Gasteiger charge is -2.33. The Kier molecular flexibility index (Phi) is 5.31. The molecular formula is C15H22F2N2O. The molecule has 112 valence electrons. The Balaban J connectivity index is 1.98. The molecule has 0 aromatic heterocycles. The summed E-state index contributed by atoms with van der Waals surface area (Å²) in [5.74, 6) is 0.266. The van der Waals surface area contributed by atoms with Crippen LogP contribution >= 0.6 is 0 Å². The van der Waals surface area contributed by atoms with Crippen LogP contribution in [0.4, 0.5) is 8.78 Å². The molecule has 1 aliphatic rings. The van der Waals surface area contributed by atoms with Crippen LogP contribution in [0.1, 0.15) is 31.2 Å². The summed E-state index contributed by atoms with van der Waals surface area (Å²) < 4.78 is 29.3. The van der Waals surface area contributed by atoms with Gasteiger partial charge in [0.2, 0.25) is 0 Å². The minimum Gasteiger partial charge on any atom is -0.434 e. The molecule has 1 aromatic rings. The van der Waals surface area contributed by atoms with Gasteiger partial charge >= 0.3 is 6.61 Å². The molecule has 0 unspecified atom stereocenters. The monoisotopic (exact) mass is 284 g/mol. The van der Waals surface area contributed by atoms with Crippen LogP contribution in [0.15, 0.2) is 24.3 Å². The Morgan fingerprint density at radius 3 is 2.55 bits per heavy atom. The first-order valence-electron chi connectivity index (χ1n) is 7.05. The lowest BCUT2D eigenvalue weighted by atomic mass is 9.91. The van der Waals surface area contributed by atoms with Gasteiger partial charge in [-0.05, 0) is 38.8 Å². The lowest BCUT2D eigenvalue weighted by molar-refractivity contribution is -0.0508. The Morgan fingerprint density at radius 2 is 1.90 bits per heavy atom. The van der Waals surface area contributed by atoms with Gasteiger partial charge in [-0.1, -0.05) is 18.2 Å². The molecule has 1 aromatic carbocycles. The van der Waals surface area contributed by atoms with E-state index in [9.17, 15) is 8.78 Å². The quantitative estimate of drug-likeness (QED) is 0.903. The first kappa shape index (κ1) is 15.2. The second-order valence-corrected chi connectivity index (χ2v) is 5.47. The third-order valence-corrected chi connectivity index (χ3v) is 3.97. The van der Waals surface area contributed by atoms with Crippen molar-refractivity contribution in [2.75, 3.05) is 7.05 Å². The van der Waals surface area contributed by atoms with Crippen molar-refractivity contribution in [3.05, 3.63) is 29.8 Å². The van der Waals surface area contributed by atoms with E-state index in [1.54, 1.807) is 12.1 Å². The first-order chi connectivity index (χ1) is 9.56. The summed E-state index contributed by atoms with van der Waals surface area (Å²) in [6, 6.07) is 7.76. The van der Waals surface area contributed by atoms with Gasteiger partial charge < -0.3 is 10.5 Å². The molecule has 0 heterocycles. The van der Waals surface area contributed by atoms with E-state index in [4.69, 9.17) is 5.73 Å². The van der Waals surface area contributed by atoms with E-state index in [0.717, 1.165) is 31.2 Å². The van der Waals surface area contributed by atoms with Gasteiger partial charge in [-0.15, -0.1) is 0 Å². The minimum absolute atomic E-state index is 0.266. The van der Waals surface area contributed by atoms with E-state index in [1.165, 1.54) is 0 Å². The summed E-state index contributed by atoms with van der Waals surface area (Å²) in [7, 11) is 2.03. The molecule has 3 nitrogen and oxygen atoms in total. The number of hydrogen-bond donors (Lipinski definition) is 1. The maximum atomic E-state index is 12.4. The second-order valence-electron chi connectivity index (χ2n) is 5.47. The van der Waals surface area contributed by atoms with Gasteiger partial charge in [0.15, 0.2) is 0 Å². The zero-order chi connectivity index (χ0) is 14.5. The van der Waals surface area contributed by atoms with Crippen LogP contribution in [-0.2, 0) is 6.54 Å². The average Bonchev–Trinajstić information content (AvgIpc) is 2.41. The van der Waals surface area contributed by atoms with Crippen molar-refractivity contribution < 1.29 is 13.5 Å². The third-order valence-electron chi connectivity index (χ3n) is 3.97. The predicted molar refractivity (Wildman–Crippen MR) is 74.8 cm³/mol. The smallest absolute Gasteiger partial charge is 0.387 e. The summed E-state index contributed by atoms with van der Waals surface area (Å²) >= 11 is 0. The molecule has 0 spiro atoms. The molecule has 2 rings (SSSR count). The zero-order valence-electron chi connectivity index (χ0n) is 11.8. The highest BCUT2D eigenvalue weighted by molar-refractivity contribution is 5.33. The Bertz CT molecular complexity index is 420. The highest BCUT2D eigenvalue weighted by Gasteiger charge is 2.22. The van der Waals surface area contributed by atoms with Crippen molar-refractivity contribution in [2.24, 2.45) is 5.73 Å². The van der Waals surface area contributed by atoms with Crippen LogP contribution in [0.5, 0.6) is 5.75 Å². The maximum absolute atomic E-state index is 12.4. The van der Waals surface area contributed by atoms with Crippen LogP contribution < -0.4 is 10.5 Å². The van der Waals surface area contributed by atoms with Crippen LogP contribution in [-0.4, -0.2) is 30.6 Å². The summed E-state index contributed by atoms with van der Waals surface area (Å²) in [6.07, 6.45) is 4.19. The van der Waals surface area contributed by atoms with E-state index in [2.05, 4.69) is 9.64 Å². The zero-order valence-corrected chi connectivity index (χ0v) is 11.8. The second kappa shape index (κ2) is 6.99. The average molecular weight is 284 g/mol. The van der Waals surface area contributed by atoms with Crippen molar-refractivity contribution in [3.8, 4) is 5.75 Å². The van der Waals surface area contributed by atoms with Gasteiger partial charge in [0.1, 0.15) is 5.75 Å². The molecule has 0 radical (unpaired) electrons. The molecule has 1 fully saturated rings. The summed E-state index contributed by atoms with van der Waals surface area (Å²) in [6.45, 7) is -2.17. The predicted octanol–water partition coefficient (Wildman–Crippen LogP) is 2.99. The molecule has 0 saturated heterocycles. The molecule has 1 saturated carbocycles. The van der Waals surface area contributed by atoms with Gasteiger partial charge in [0.05, 0.1) is 0 Å². The number of para-hydroxylation sites is 1. The van der Waals surface area contributed by atoms with E-state index >= 15 is 0 Å². The molecule has 2 N–H and O–H groups in total. The Labute approximate surface area is 118 Å². The topological polar surface area (TPSA) is 38.5 Å². The summed E-state index contributed by atoms with van der Waals surface area (Å²) in [5, 5.41) is 0. The van der Waals surface area contributed by atoms with Crippen molar-refractivity contribution in [1.29, 1.82) is 0 Å².